The van der Waals surface area contributed by atoms with Gasteiger partial charge < -0.3 is 20.5 Å². The lowest BCUT2D eigenvalue weighted by molar-refractivity contribution is -0.142. The van der Waals surface area contributed by atoms with E-state index >= 15 is 0 Å². The SMILES string of the molecule is CCCCC(NC(=O)[C@@H](NC(=O)OCC1c2ccccc2-c2ccccc21)C(C)C)C(=O)O. The molecule has 33 heavy (non-hydrogen) atoms. The van der Waals surface area contributed by atoms with Crippen molar-refractivity contribution >= 4 is 18.0 Å². The summed E-state index contributed by atoms with van der Waals surface area (Å²) in [6.07, 6.45) is 1.15. The highest BCUT2D eigenvalue weighted by atomic mass is 16.5. The molecule has 2 amide bonds. The number of carbonyl (C=O) groups excluding carboxylic acids is 2. The molecule has 0 saturated carbocycles. The predicted octanol–water partition coefficient (Wildman–Crippen LogP) is 4.31. The fourth-order valence-corrected chi connectivity index (χ4v) is 4.23. The van der Waals surface area contributed by atoms with E-state index in [4.69, 9.17) is 4.74 Å². The molecule has 2 aromatic rings. The number of ether oxygens (including phenoxy) is 1. The molecule has 1 aliphatic rings. The first-order chi connectivity index (χ1) is 15.8. The zero-order valence-corrected chi connectivity index (χ0v) is 19.3. The Kier molecular flexibility index (Phi) is 8.09. The molecule has 0 fully saturated rings. The quantitative estimate of drug-likeness (QED) is 0.498. The van der Waals surface area contributed by atoms with Crippen molar-refractivity contribution in [2.24, 2.45) is 5.92 Å². The monoisotopic (exact) mass is 452 g/mol. The molecule has 0 bridgehead atoms. The zero-order valence-electron chi connectivity index (χ0n) is 19.3. The molecule has 1 aliphatic carbocycles. The molecule has 3 N–H and O–H groups in total. The lowest BCUT2D eigenvalue weighted by Crippen LogP contribution is -2.53. The number of benzene rings is 2. The van der Waals surface area contributed by atoms with Gasteiger partial charge in [-0.15, -0.1) is 0 Å². The van der Waals surface area contributed by atoms with E-state index in [1.807, 2.05) is 43.3 Å². The summed E-state index contributed by atoms with van der Waals surface area (Å²) in [6, 6.07) is 14.2. The lowest BCUT2D eigenvalue weighted by Gasteiger charge is -2.24. The summed E-state index contributed by atoms with van der Waals surface area (Å²) in [4.78, 5) is 36.8. The highest BCUT2D eigenvalue weighted by molar-refractivity contribution is 5.89. The standard InChI is InChI=1S/C26H32N2O5/c1-4-5-14-22(25(30)31)27-24(29)23(16(2)3)28-26(32)33-15-21-19-12-8-6-10-17(19)18-11-7-9-13-20(18)21/h6-13,16,21-23H,4-5,14-15H2,1-3H3,(H,27,29)(H,28,32)(H,30,31)/t22?,23-/m0/s1. The number of nitrogens with one attached hydrogen (secondary N) is 2. The summed E-state index contributed by atoms with van der Waals surface area (Å²) in [5.41, 5.74) is 4.47. The van der Waals surface area contributed by atoms with Crippen LogP contribution in [0.15, 0.2) is 48.5 Å². The smallest absolute Gasteiger partial charge is 0.407 e. The van der Waals surface area contributed by atoms with Gasteiger partial charge in [0.2, 0.25) is 5.91 Å². The molecule has 0 radical (unpaired) electrons. The molecule has 7 nitrogen and oxygen atoms in total. The van der Waals surface area contributed by atoms with Crippen molar-refractivity contribution in [1.82, 2.24) is 10.6 Å². The number of hydrogen-bond donors (Lipinski definition) is 3. The first-order valence-electron chi connectivity index (χ1n) is 11.5. The second kappa shape index (κ2) is 11.0. The molecule has 7 heteroatoms. The minimum Gasteiger partial charge on any atom is -0.480 e. The van der Waals surface area contributed by atoms with Gasteiger partial charge in [-0.05, 0) is 34.6 Å². The maximum absolute atomic E-state index is 12.7. The fourth-order valence-electron chi connectivity index (χ4n) is 4.23. The molecular formula is C26H32N2O5. The van der Waals surface area contributed by atoms with Crippen molar-refractivity contribution in [2.45, 2.75) is 58.0 Å². The number of fused-ring (bicyclic) bond motifs is 3. The number of alkyl carbamates (subject to hydrolysis) is 1. The number of amides is 2. The summed E-state index contributed by atoms with van der Waals surface area (Å²) in [7, 11) is 0. The van der Waals surface area contributed by atoms with Gasteiger partial charge in [0.1, 0.15) is 18.7 Å². The van der Waals surface area contributed by atoms with Gasteiger partial charge in [0.15, 0.2) is 0 Å². The van der Waals surface area contributed by atoms with Crippen LogP contribution in [0.5, 0.6) is 0 Å². The second-order valence-corrected chi connectivity index (χ2v) is 8.73. The van der Waals surface area contributed by atoms with E-state index in [-0.39, 0.29) is 18.4 Å². The number of carboxylic acids is 1. The van der Waals surface area contributed by atoms with Gasteiger partial charge >= 0.3 is 12.1 Å². The number of unbranched alkanes of at least 4 members (excludes halogenated alkanes) is 1. The lowest BCUT2D eigenvalue weighted by atomic mass is 9.98. The first-order valence-corrected chi connectivity index (χ1v) is 11.5. The van der Waals surface area contributed by atoms with Crippen LogP contribution < -0.4 is 10.6 Å². The fraction of sp³-hybridized carbons (Fsp3) is 0.423. The largest absolute Gasteiger partial charge is 0.480 e. The third-order valence-corrected chi connectivity index (χ3v) is 6.03. The van der Waals surface area contributed by atoms with Gasteiger partial charge in [-0.3, -0.25) is 4.79 Å². The molecule has 0 aromatic heterocycles. The Labute approximate surface area is 194 Å². The van der Waals surface area contributed by atoms with Gasteiger partial charge in [-0.25, -0.2) is 9.59 Å². The predicted molar refractivity (Wildman–Crippen MR) is 126 cm³/mol. The maximum atomic E-state index is 12.7. The van der Waals surface area contributed by atoms with Crippen LogP contribution in [0.1, 0.15) is 57.1 Å². The molecule has 176 valence electrons. The highest BCUT2D eigenvalue weighted by Crippen LogP contribution is 2.44. The summed E-state index contributed by atoms with van der Waals surface area (Å²) in [6.45, 7) is 5.67. The summed E-state index contributed by atoms with van der Waals surface area (Å²) < 4.78 is 5.54. The average Bonchev–Trinajstić information content (AvgIpc) is 3.12. The highest BCUT2D eigenvalue weighted by Gasteiger charge is 2.31. The Morgan fingerprint density at radius 2 is 1.55 bits per heavy atom. The summed E-state index contributed by atoms with van der Waals surface area (Å²) >= 11 is 0. The third kappa shape index (κ3) is 5.72. The van der Waals surface area contributed by atoms with Crippen LogP contribution in [0.25, 0.3) is 11.1 Å². The normalized spacial score (nSPS) is 14.2. The molecule has 2 aromatic carbocycles. The second-order valence-electron chi connectivity index (χ2n) is 8.73. The Balaban J connectivity index is 1.64. The third-order valence-electron chi connectivity index (χ3n) is 6.03. The van der Waals surface area contributed by atoms with E-state index < -0.39 is 30.1 Å². The molecule has 0 heterocycles. The van der Waals surface area contributed by atoms with E-state index in [0.717, 1.165) is 28.7 Å². The topological polar surface area (TPSA) is 105 Å². The first kappa shape index (κ1) is 24.3. The van der Waals surface area contributed by atoms with E-state index in [2.05, 4.69) is 22.8 Å². The van der Waals surface area contributed by atoms with E-state index in [0.29, 0.717) is 12.8 Å². The van der Waals surface area contributed by atoms with Crippen molar-refractivity contribution in [2.75, 3.05) is 6.61 Å². The molecule has 3 rings (SSSR count). The Morgan fingerprint density at radius 3 is 2.06 bits per heavy atom. The van der Waals surface area contributed by atoms with Crippen molar-refractivity contribution in [1.29, 1.82) is 0 Å². The number of carbonyl (C=O) groups is 3. The van der Waals surface area contributed by atoms with Crippen LogP contribution in [-0.4, -0.2) is 41.8 Å². The molecule has 1 unspecified atom stereocenters. The summed E-state index contributed by atoms with van der Waals surface area (Å²) in [5.74, 6) is -1.94. The minimum atomic E-state index is -1.08. The van der Waals surface area contributed by atoms with Crippen molar-refractivity contribution < 1.29 is 24.2 Å². The number of hydrogen-bond acceptors (Lipinski definition) is 4. The molecule has 0 saturated heterocycles. The van der Waals surface area contributed by atoms with E-state index in [9.17, 15) is 19.5 Å². The van der Waals surface area contributed by atoms with E-state index in [1.54, 1.807) is 13.8 Å². The molecule has 0 spiro atoms. The van der Waals surface area contributed by atoms with E-state index in [1.165, 1.54) is 0 Å². The van der Waals surface area contributed by atoms with Crippen molar-refractivity contribution in [3.8, 4) is 11.1 Å². The van der Waals surface area contributed by atoms with Crippen LogP contribution in [0.3, 0.4) is 0 Å². The van der Waals surface area contributed by atoms with Gasteiger partial charge in [0.25, 0.3) is 0 Å². The van der Waals surface area contributed by atoms with Crippen LogP contribution in [0, 0.1) is 5.92 Å². The van der Waals surface area contributed by atoms with Gasteiger partial charge in [-0.2, -0.15) is 0 Å². The number of carboxylic acid groups (broad SMARTS) is 1. The average molecular weight is 453 g/mol. The Bertz CT molecular complexity index is 958. The van der Waals surface area contributed by atoms with Gasteiger partial charge in [0.05, 0.1) is 0 Å². The molecule has 0 aliphatic heterocycles. The van der Waals surface area contributed by atoms with Gasteiger partial charge in [-0.1, -0.05) is 82.1 Å². The minimum absolute atomic E-state index is 0.0834. The molecule has 2 atom stereocenters. The molecular weight excluding hydrogens is 420 g/mol. The summed E-state index contributed by atoms with van der Waals surface area (Å²) in [5, 5.41) is 14.6. The van der Waals surface area contributed by atoms with Crippen LogP contribution in [0.4, 0.5) is 4.79 Å². The van der Waals surface area contributed by atoms with Crippen molar-refractivity contribution in [3.63, 3.8) is 0 Å². The van der Waals surface area contributed by atoms with Crippen LogP contribution in [0.2, 0.25) is 0 Å². The van der Waals surface area contributed by atoms with Crippen LogP contribution >= 0.6 is 0 Å². The Morgan fingerprint density at radius 1 is 0.970 bits per heavy atom. The zero-order chi connectivity index (χ0) is 24.0. The van der Waals surface area contributed by atoms with Gasteiger partial charge in [0, 0.05) is 5.92 Å². The van der Waals surface area contributed by atoms with Crippen LogP contribution in [-0.2, 0) is 14.3 Å². The number of rotatable bonds is 10. The Hall–Kier alpha value is -3.35. The maximum Gasteiger partial charge on any atom is 0.407 e. The number of aliphatic carboxylic acids is 1. The van der Waals surface area contributed by atoms with Crippen molar-refractivity contribution in [3.05, 3.63) is 59.7 Å².